The molecule has 20 rings (SSSR count). The molecule has 10 amide bonds. The fourth-order valence-electron chi connectivity index (χ4n) is 16.9. The van der Waals surface area contributed by atoms with E-state index in [0.29, 0.717) is 69.9 Å². The van der Waals surface area contributed by atoms with Crippen LogP contribution in [0.25, 0.3) is 0 Å². The number of nitrogens with one attached hydrogen (secondary N) is 2. The molecule has 10 aliphatic rings. The van der Waals surface area contributed by atoms with Gasteiger partial charge in [-0.2, -0.15) is 0 Å². The number of aromatic nitrogens is 10. The first-order chi connectivity index (χ1) is 67.8. The average Bonchev–Trinajstić information content (AvgIpc) is 1.50. The van der Waals surface area contributed by atoms with Crippen molar-refractivity contribution in [3.8, 4) is 0 Å². The van der Waals surface area contributed by atoms with Crippen LogP contribution in [0, 0.1) is 69.2 Å². The van der Waals surface area contributed by atoms with E-state index in [1.54, 1.807) is 162 Å². The number of hydrogen-bond donors (Lipinski definition) is 2. The summed E-state index contributed by atoms with van der Waals surface area (Å²) in [6.07, 6.45) is 27.8. The van der Waals surface area contributed by atoms with Crippen molar-refractivity contribution in [1.82, 2.24) is 79.6 Å². The molecule has 0 spiro atoms. The number of oxazole rings is 4. The second-order valence-corrected chi connectivity index (χ2v) is 37.3. The Balaban J connectivity index is 0.000000151. The molecule has 0 saturated carbocycles. The van der Waals surface area contributed by atoms with Crippen LogP contribution >= 0.6 is 23.5 Å². The third-order valence-corrected chi connectivity index (χ3v) is 26.3. The van der Waals surface area contributed by atoms with Crippen LogP contribution in [0.2, 0.25) is 0 Å². The van der Waals surface area contributed by atoms with Crippen molar-refractivity contribution in [3.05, 3.63) is 192 Å². The van der Waals surface area contributed by atoms with Gasteiger partial charge in [-0.25, -0.2) is 47.1 Å². The first kappa shape index (κ1) is 109. The van der Waals surface area contributed by atoms with Crippen LogP contribution in [0.3, 0.4) is 0 Å². The molecule has 10 unspecified atom stereocenters. The maximum atomic E-state index is 11.4. The van der Waals surface area contributed by atoms with Crippen LogP contribution in [0.4, 0.5) is 0 Å². The summed E-state index contributed by atoms with van der Waals surface area (Å²) in [4.78, 5) is 147. The van der Waals surface area contributed by atoms with Crippen LogP contribution in [0.1, 0.15) is 250 Å². The van der Waals surface area contributed by atoms with Gasteiger partial charge in [-0.15, -0.1) is 23.5 Å². The Morgan fingerprint density at radius 2 is 0.662 bits per heavy atom. The zero-order valence-corrected chi connectivity index (χ0v) is 86.5. The molecule has 0 aromatic carbocycles. The number of piperazine rings is 2. The van der Waals surface area contributed by atoms with Gasteiger partial charge in [-0.1, -0.05) is 12.2 Å². The van der Waals surface area contributed by atoms with E-state index in [9.17, 15) is 47.9 Å². The Kier molecular flexibility index (Phi) is 40.2. The third-order valence-electron chi connectivity index (χ3n) is 24.3. The summed E-state index contributed by atoms with van der Waals surface area (Å²) in [5.74, 6) is 14.7. The van der Waals surface area contributed by atoms with Gasteiger partial charge in [0, 0.05) is 210 Å². The Bertz CT molecular complexity index is 5240. The van der Waals surface area contributed by atoms with Crippen molar-refractivity contribution in [1.29, 1.82) is 0 Å². The number of carbonyl (C=O) groups is 10. The number of hydrogen-bond acceptors (Lipinski definition) is 30. The number of nitrogens with zero attached hydrogens (tertiary/aromatic N) is 20. The van der Waals surface area contributed by atoms with Crippen molar-refractivity contribution in [3.63, 3.8) is 0 Å². The first-order valence-electron chi connectivity index (χ1n) is 47.5. The van der Waals surface area contributed by atoms with Crippen molar-refractivity contribution in [2.45, 2.75) is 238 Å². The summed E-state index contributed by atoms with van der Waals surface area (Å²) >= 11 is 3.47. The smallest absolute Gasteiger partial charge is 0.304 e. The number of thioether (sulfide) groups is 2. The van der Waals surface area contributed by atoms with E-state index in [2.05, 4.69) is 36.6 Å². The van der Waals surface area contributed by atoms with Gasteiger partial charge in [0.05, 0.1) is 105 Å². The SMILES string of the molecule is CC(=O)N1CC=CCC1[n+]1ccc(C)o1.CC(=O)N1CCC1[n+]1ccc(C)o1.CC(=O)N1CCCC1[n+]1ccc(C)o1.CC(=O)N1CCCC1c1ncc(C)o1.CC(=O)N1CCNCC1[n+]1ccc(C)o1.CC(=O)N1CCNCC1c1ncc(C)o1.CC(=O)N1COCC1[n+]1ccc(C)o1.CC(=O)N1COCC1c1ncc(C)o1.CC(=O)N1CSCC1[n+]1ccc(C)o1.CC(=O)N1CSCC1c1ncc(C)o1. The molecule has 46 heteroatoms. The molecule has 770 valence electrons. The molecule has 0 bridgehead atoms. The summed E-state index contributed by atoms with van der Waals surface area (Å²) in [6.45, 7) is 43.8. The summed E-state index contributed by atoms with van der Waals surface area (Å²) < 4.78 is 75.2. The van der Waals surface area contributed by atoms with Crippen molar-refractivity contribution in [2.75, 3.05) is 115 Å². The molecule has 44 nitrogen and oxygen atoms in total. The Morgan fingerprint density at radius 3 is 1.10 bits per heavy atom. The summed E-state index contributed by atoms with van der Waals surface area (Å²) in [6, 6.07) is 11.2. The normalized spacial score (nSPS) is 21.5. The molecule has 142 heavy (non-hydrogen) atoms. The topological polar surface area (TPSA) is 452 Å². The van der Waals surface area contributed by atoms with Gasteiger partial charge < -0.3 is 57.4 Å². The first-order valence-corrected chi connectivity index (χ1v) is 49.8. The number of rotatable bonds is 10. The lowest BCUT2D eigenvalue weighted by Gasteiger charge is -2.33. The predicted octanol–water partition coefficient (Wildman–Crippen LogP) is 8.37. The standard InChI is InChI=1S/C11H15N2O2.C10H16N3O2.C10H15N3O2.C10H15N2O2.C10H14N2O2.C9H12N2O3.C9H13N2O3.C9H12N2O2S.C9H13N2O2S.C9H13N2O2/c1-9-6-8-13(15-9)11-5-3-4-7-12(11)10(2)14;1-8-3-5-13(15-8)10-7-11-4-6-12(10)9(2)14;1-7-5-12-10(15-7)9-6-11-3-4-13(9)8(2)14;1-8-5-7-12(14-8)10-4-3-6-11(10)9(2)13;1-7-6-11-10(14-7)9-4-3-5-12(9)8(2)13;1-6-3-10-9(14-6)8-4-13-5-11(8)7(2)12;1-7-3-4-11(14-7)9-5-13-6-10(9)8(2)12;1-6-3-10-9(13-6)8-4-14-5-11(8)7(2)12;1-7-3-4-11(13-7)9-5-14-6-10(9)8(2)12;1-7-3-6-11(13-7)9-4-5-10(9)8(2)12/h3-4,6,8,11H,5,7H2,1-2H3;3,5,10-11H,4,6-7H2,1-2H3;5,9,11H,3-4,6H2,1-2H3;5,7,10H,3-4,6H2,1-2H3;6,9H,3-5H2,1-2H3;3,8H,4-5H2,1-2H3;3-4,9H,5-6H2,1-2H3;3,8H,4-5H2,1-2H3;3-4,9H,5-6H2,1-2H3;3,6,9H,4-5H2,1-2H3/q2*+1;;+1;;;+1;;2*+1. The van der Waals surface area contributed by atoms with Crippen molar-refractivity contribution in [2.24, 2.45) is 0 Å². The van der Waals surface area contributed by atoms with E-state index in [-0.39, 0.29) is 120 Å². The zero-order chi connectivity index (χ0) is 103. The van der Waals surface area contributed by atoms with E-state index in [1.807, 2.05) is 168 Å². The molecule has 0 radical (unpaired) electrons. The Labute approximate surface area is 833 Å². The maximum absolute atomic E-state index is 11.4. The fourth-order valence-corrected chi connectivity index (χ4v) is 19.3. The van der Waals surface area contributed by atoms with Gasteiger partial charge in [0.25, 0.3) is 30.8 Å². The number of amides is 10. The Morgan fingerprint density at radius 1 is 0.310 bits per heavy atom. The monoisotopic (exact) mass is 2010 g/mol. The number of aryl methyl sites for hydroxylation is 10. The second-order valence-electron chi connectivity index (χ2n) is 35.3. The molecule has 20 heterocycles. The van der Waals surface area contributed by atoms with E-state index in [0.717, 1.165) is 165 Å². The van der Waals surface area contributed by atoms with E-state index in [4.69, 9.17) is 54.3 Å². The lowest BCUT2D eigenvalue weighted by atomic mass is 10.1. The highest BCUT2D eigenvalue weighted by atomic mass is 32.2. The highest BCUT2D eigenvalue weighted by Crippen LogP contribution is 2.35. The minimum atomic E-state index is -0.166. The van der Waals surface area contributed by atoms with Gasteiger partial charge in [0.2, 0.25) is 120 Å². The molecule has 9 saturated heterocycles. The molecule has 10 aromatic rings. The van der Waals surface area contributed by atoms with Gasteiger partial charge in [0.15, 0.2) is 34.6 Å². The predicted molar refractivity (Wildman–Crippen MR) is 505 cm³/mol. The van der Waals surface area contributed by atoms with E-state index in [1.165, 1.54) is 13.8 Å². The molecular weight excluding hydrogens is 1880 g/mol. The minimum Gasteiger partial charge on any atom is -0.444 e. The lowest BCUT2D eigenvalue weighted by Crippen LogP contribution is -2.59. The van der Waals surface area contributed by atoms with Crippen molar-refractivity contribution < 1.29 is 131 Å². The van der Waals surface area contributed by atoms with Gasteiger partial charge in [-0.3, -0.25) is 77.3 Å². The van der Waals surface area contributed by atoms with Gasteiger partial charge in [-0.05, 0) is 47.0 Å². The highest BCUT2D eigenvalue weighted by Gasteiger charge is 2.44. The van der Waals surface area contributed by atoms with E-state index < -0.39 is 0 Å². The molecule has 10 aliphatic heterocycles. The summed E-state index contributed by atoms with van der Waals surface area (Å²) in [5.41, 5.74) is 0. The van der Waals surface area contributed by atoms with Crippen LogP contribution in [-0.2, 0) is 57.4 Å². The number of likely N-dealkylation sites (tertiary alicyclic amines) is 3. The number of carbonyl (C=O) groups excluding carboxylic acids is 10. The lowest BCUT2D eigenvalue weighted by molar-refractivity contribution is -0.903. The van der Waals surface area contributed by atoms with E-state index >= 15 is 0 Å². The molecular formula is C96H138N22O22S2+6. The second kappa shape index (κ2) is 52.2. The quantitative estimate of drug-likeness (QED) is 0.0958. The maximum Gasteiger partial charge on any atom is 0.304 e. The molecule has 2 N–H and O–H groups in total. The number of ether oxygens (including phenoxy) is 2. The van der Waals surface area contributed by atoms with Crippen molar-refractivity contribution >= 4 is 82.6 Å². The fraction of sp³-hybridized carbons (Fsp3) is 0.562. The summed E-state index contributed by atoms with van der Waals surface area (Å²) in [5, 5.41) is 6.49. The molecule has 9 fully saturated rings. The van der Waals surface area contributed by atoms with Gasteiger partial charge >= 0.3 is 6.17 Å². The highest BCUT2D eigenvalue weighted by molar-refractivity contribution is 7.99. The van der Waals surface area contributed by atoms with Gasteiger partial charge in [0.1, 0.15) is 67.3 Å². The molecule has 10 aromatic heterocycles. The van der Waals surface area contributed by atoms with Crippen LogP contribution in [-0.4, -0.2) is 243 Å². The molecule has 10 atom stereocenters. The van der Waals surface area contributed by atoms with Crippen LogP contribution in [0.15, 0.2) is 155 Å². The largest absolute Gasteiger partial charge is 0.444 e. The van der Waals surface area contributed by atoms with Crippen LogP contribution in [0.5, 0.6) is 0 Å². The summed E-state index contributed by atoms with van der Waals surface area (Å²) in [7, 11) is 0. The minimum absolute atomic E-state index is 0.00551. The third kappa shape index (κ3) is 30.1. The zero-order valence-electron chi connectivity index (χ0n) is 84.9. The Hall–Kier alpha value is -12.9. The van der Waals surface area contributed by atoms with Crippen LogP contribution < -0.4 is 39.1 Å². The average molecular weight is 2020 g/mol. The molecule has 0 aliphatic carbocycles.